The molecule has 1 N–H and O–H groups in total. The number of likely N-dealkylation sites (N-methyl/N-ethyl adjacent to an activating group) is 1. The van der Waals surface area contributed by atoms with E-state index in [2.05, 4.69) is 5.32 Å². The van der Waals surface area contributed by atoms with Crippen molar-refractivity contribution in [2.24, 2.45) is 5.92 Å². The van der Waals surface area contributed by atoms with Crippen LogP contribution in [-0.4, -0.2) is 52.1 Å². The van der Waals surface area contributed by atoms with Crippen LogP contribution in [0.2, 0.25) is 0 Å². The predicted molar refractivity (Wildman–Crippen MR) is 68.5 cm³/mol. The van der Waals surface area contributed by atoms with Crippen LogP contribution in [0.25, 0.3) is 0 Å². The van der Waals surface area contributed by atoms with E-state index < -0.39 is 5.54 Å². The molecule has 1 unspecified atom stereocenters. The molecule has 106 valence electrons. The maximum Gasteiger partial charge on any atom is 0.329 e. The van der Waals surface area contributed by atoms with Crippen LogP contribution in [0.4, 0.5) is 0 Å². The van der Waals surface area contributed by atoms with Crippen LogP contribution in [0, 0.1) is 5.92 Å². The van der Waals surface area contributed by atoms with Crippen LogP contribution in [0.1, 0.15) is 26.2 Å². The molecule has 5 heteroatoms. The lowest BCUT2D eigenvalue weighted by molar-refractivity contribution is -0.155. The zero-order valence-electron chi connectivity index (χ0n) is 11.7. The summed E-state index contributed by atoms with van der Waals surface area (Å²) in [6, 6.07) is 0. The third kappa shape index (κ3) is 3.93. The first-order valence-corrected chi connectivity index (χ1v) is 6.64. The van der Waals surface area contributed by atoms with Gasteiger partial charge in [0.1, 0.15) is 5.54 Å². The molecular weight excluding hydrogens is 234 g/mol. The quantitative estimate of drug-likeness (QED) is 0.468. The zero-order chi connectivity index (χ0) is 13.4. The SMILES string of the molecule is CCOC(=O)C(COCCCOC)(NC)C1CC1. The molecule has 18 heavy (non-hydrogen) atoms. The average Bonchev–Trinajstić information content (AvgIpc) is 3.19. The normalized spacial score (nSPS) is 18.4. The van der Waals surface area contributed by atoms with Gasteiger partial charge in [0.05, 0.1) is 13.2 Å². The van der Waals surface area contributed by atoms with E-state index >= 15 is 0 Å². The molecule has 0 aromatic rings. The standard InChI is InChI=1S/C13H25NO4/c1-4-18-12(15)13(14-2,11-6-7-11)10-17-9-5-8-16-3/h11,14H,4-10H2,1-3H3. The monoisotopic (exact) mass is 259 g/mol. The summed E-state index contributed by atoms with van der Waals surface area (Å²) < 4.78 is 15.7. The second-order valence-corrected chi connectivity index (χ2v) is 4.62. The van der Waals surface area contributed by atoms with Gasteiger partial charge in [-0.2, -0.15) is 0 Å². The van der Waals surface area contributed by atoms with Crippen LogP contribution < -0.4 is 5.32 Å². The summed E-state index contributed by atoms with van der Waals surface area (Å²) in [5.41, 5.74) is -0.664. The Morgan fingerprint density at radius 3 is 2.61 bits per heavy atom. The van der Waals surface area contributed by atoms with E-state index in [0.717, 1.165) is 19.3 Å². The van der Waals surface area contributed by atoms with E-state index in [4.69, 9.17) is 14.2 Å². The summed E-state index contributed by atoms with van der Waals surface area (Å²) in [4.78, 5) is 12.1. The molecule has 0 saturated heterocycles. The van der Waals surface area contributed by atoms with Crippen molar-refractivity contribution in [3.63, 3.8) is 0 Å². The molecule has 1 saturated carbocycles. The Hall–Kier alpha value is -0.650. The first kappa shape index (κ1) is 15.4. The molecule has 1 fully saturated rings. The number of methoxy groups -OCH3 is 1. The van der Waals surface area contributed by atoms with Crippen molar-refractivity contribution in [1.29, 1.82) is 0 Å². The van der Waals surface area contributed by atoms with E-state index in [1.807, 2.05) is 6.92 Å². The van der Waals surface area contributed by atoms with Crippen LogP contribution >= 0.6 is 0 Å². The lowest BCUT2D eigenvalue weighted by Gasteiger charge is -2.30. The Bertz CT molecular complexity index is 255. The number of hydrogen-bond donors (Lipinski definition) is 1. The first-order valence-electron chi connectivity index (χ1n) is 6.64. The fourth-order valence-electron chi connectivity index (χ4n) is 2.10. The Morgan fingerprint density at radius 2 is 2.11 bits per heavy atom. The zero-order valence-corrected chi connectivity index (χ0v) is 11.7. The van der Waals surface area contributed by atoms with Crippen molar-refractivity contribution in [2.45, 2.75) is 31.7 Å². The number of hydrogen-bond acceptors (Lipinski definition) is 5. The summed E-state index contributed by atoms with van der Waals surface area (Å²) in [5, 5.41) is 3.12. The van der Waals surface area contributed by atoms with Crippen LogP contribution in [0.3, 0.4) is 0 Å². The fraction of sp³-hybridized carbons (Fsp3) is 0.923. The Morgan fingerprint density at radius 1 is 1.39 bits per heavy atom. The molecular formula is C13H25NO4. The molecule has 0 radical (unpaired) electrons. The van der Waals surface area contributed by atoms with Gasteiger partial charge in [0.15, 0.2) is 0 Å². The summed E-state index contributed by atoms with van der Waals surface area (Å²) >= 11 is 0. The average molecular weight is 259 g/mol. The Labute approximate surface area is 109 Å². The largest absolute Gasteiger partial charge is 0.465 e. The molecule has 0 heterocycles. The van der Waals surface area contributed by atoms with Gasteiger partial charge in [0, 0.05) is 20.3 Å². The van der Waals surface area contributed by atoms with Crippen molar-refractivity contribution in [2.75, 3.05) is 40.6 Å². The molecule has 0 spiro atoms. The van der Waals surface area contributed by atoms with Gasteiger partial charge in [0.2, 0.25) is 0 Å². The summed E-state index contributed by atoms with van der Waals surface area (Å²) in [6.07, 6.45) is 2.95. The highest BCUT2D eigenvalue weighted by atomic mass is 16.5. The number of rotatable bonds is 10. The molecule has 1 aliphatic carbocycles. The summed E-state index contributed by atoms with van der Waals surface area (Å²) in [5.74, 6) is 0.144. The lowest BCUT2D eigenvalue weighted by Crippen LogP contribution is -2.57. The topological polar surface area (TPSA) is 56.8 Å². The number of nitrogens with one attached hydrogen (secondary N) is 1. The van der Waals surface area contributed by atoms with Gasteiger partial charge in [0.25, 0.3) is 0 Å². The summed E-state index contributed by atoms with van der Waals surface area (Å²) in [7, 11) is 3.47. The maximum absolute atomic E-state index is 12.1. The Balaban J connectivity index is 2.46. The van der Waals surface area contributed by atoms with Gasteiger partial charge < -0.3 is 19.5 Å². The molecule has 1 rings (SSSR count). The molecule has 0 aromatic heterocycles. The van der Waals surface area contributed by atoms with Gasteiger partial charge in [-0.25, -0.2) is 4.79 Å². The third-order valence-corrected chi connectivity index (χ3v) is 3.33. The third-order valence-electron chi connectivity index (χ3n) is 3.33. The number of esters is 1. The lowest BCUT2D eigenvalue weighted by atomic mass is 9.94. The van der Waals surface area contributed by atoms with E-state index in [1.165, 1.54) is 0 Å². The smallest absolute Gasteiger partial charge is 0.329 e. The van der Waals surface area contributed by atoms with E-state index in [1.54, 1.807) is 14.2 Å². The van der Waals surface area contributed by atoms with Crippen molar-refractivity contribution < 1.29 is 19.0 Å². The number of ether oxygens (including phenoxy) is 3. The van der Waals surface area contributed by atoms with Crippen molar-refractivity contribution in [1.82, 2.24) is 5.32 Å². The molecule has 5 nitrogen and oxygen atoms in total. The first-order chi connectivity index (χ1) is 8.71. The molecule has 1 atom stereocenters. The van der Waals surface area contributed by atoms with Crippen molar-refractivity contribution in [3.8, 4) is 0 Å². The maximum atomic E-state index is 12.1. The highest BCUT2D eigenvalue weighted by Crippen LogP contribution is 2.40. The van der Waals surface area contributed by atoms with Gasteiger partial charge in [-0.05, 0) is 39.2 Å². The fourth-order valence-corrected chi connectivity index (χ4v) is 2.10. The van der Waals surface area contributed by atoms with Crippen molar-refractivity contribution >= 4 is 5.97 Å². The van der Waals surface area contributed by atoms with Crippen LogP contribution in [-0.2, 0) is 19.0 Å². The van der Waals surface area contributed by atoms with E-state index in [9.17, 15) is 4.79 Å². The second-order valence-electron chi connectivity index (χ2n) is 4.62. The molecule has 0 bridgehead atoms. The highest BCUT2D eigenvalue weighted by molar-refractivity contribution is 5.82. The van der Waals surface area contributed by atoms with E-state index in [0.29, 0.717) is 32.3 Å². The number of carbonyl (C=O) groups excluding carboxylic acids is 1. The molecule has 1 aliphatic rings. The van der Waals surface area contributed by atoms with Crippen LogP contribution in [0.5, 0.6) is 0 Å². The van der Waals surface area contributed by atoms with Gasteiger partial charge in [-0.1, -0.05) is 0 Å². The highest BCUT2D eigenvalue weighted by Gasteiger charge is 2.51. The van der Waals surface area contributed by atoms with Crippen LogP contribution in [0.15, 0.2) is 0 Å². The predicted octanol–water partition coefficient (Wildman–Crippen LogP) is 0.971. The van der Waals surface area contributed by atoms with E-state index in [-0.39, 0.29) is 5.97 Å². The second kappa shape index (κ2) is 7.71. The minimum absolute atomic E-state index is 0.193. The van der Waals surface area contributed by atoms with Gasteiger partial charge in [-0.15, -0.1) is 0 Å². The summed E-state index contributed by atoms with van der Waals surface area (Å²) in [6.45, 7) is 3.87. The van der Waals surface area contributed by atoms with Gasteiger partial charge >= 0.3 is 5.97 Å². The van der Waals surface area contributed by atoms with Crippen molar-refractivity contribution in [3.05, 3.63) is 0 Å². The minimum Gasteiger partial charge on any atom is -0.465 e. The minimum atomic E-state index is -0.664. The molecule has 0 aromatic carbocycles. The van der Waals surface area contributed by atoms with Gasteiger partial charge in [-0.3, -0.25) is 0 Å². The number of carbonyl (C=O) groups is 1. The Kier molecular flexibility index (Phi) is 6.60. The molecule has 0 aliphatic heterocycles. The molecule has 0 amide bonds.